The van der Waals surface area contributed by atoms with E-state index in [1.165, 1.54) is 23.6 Å². The Kier molecular flexibility index (Phi) is 4.61. The molecule has 0 aliphatic carbocycles. The van der Waals surface area contributed by atoms with Gasteiger partial charge in [-0.25, -0.2) is 9.78 Å². The number of amides is 1. The van der Waals surface area contributed by atoms with Crippen molar-refractivity contribution in [2.24, 2.45) is 5.41 Å². The number of carboxylic acid groups (broad SMARTS) is 1. The summed E-state index contributed by atoms with van der Waals surface area (Å²) in [7, 11) is 0. The number of carbonyl (C=O) groups is 2. The molecule has 0 aromatic carbocycles. The first-order valence-electron chi connectivity index (χ1n) is 5.43. The van der Waals surface area contributed by atoms with E-state index in [0.717, 1.165) is 6.08 Å². The Morgan fingerprint density at radius 3 is 2.72 bits per heavy atom. The fourth-order valence-electron chi connectivity index (χ4n) is 1.22. The van der Waals surface area contributed by atoms with Gasteiger partial charge in [-0.2, -0.15) is 0 Å². The summed E-state index contributed by atoms with van der Waals surface area (Å²) in [5.41, 5.74) is -0.0760. The first kappa shape index (κ1) is 14.4. The molecule has 1 amide bonds. The monoisotopic (exact) mass is 268 g/mol. The second-order valence-corrected chi connectivity index (χ2v) is 6.09. The highest BCUT2D eigenvalue weighted by molar-refractivity contribution is 7.16. The predicted octanol–water partition coefficient (Wildman–Crippen LogP) is 2.62. The molecule has 0 fully saturated rings. The van der Waals surface area contributed by atoms with Crippen molar-refractivity contribution in [2.75, 3.05) is 5.32 Å². The number of carboxylic acids is 1. The van der Waals surface area contributed by atoms with Gasteiger partial charge in [0.15, 0.2) is 5.13 Å². The molecule has 0 saturated carbocycles. The van der Waals surface area contributed by atoms with Crippen LogP contribution in [-0.4, -0.2) is 22.0 Å². The van der Waals surface area contributed by atoms with Crippen LogP contribution in [0.4, 0.5) is 5.13 Å². The van der Waals surface area contributed by atoms with Crippen molar-refractivity contribution in [2.45, 2.75) is 27.2 Å². The molecule has 1 heterocycles. The van der Waals surface area contributed by atoms with Crippen LogP contribution in [0.15, 0.2) is 12.3 Å². The maximum absolute atomic E-state index is 11.6. The highest BCUT2D eigenvalue weighted by Crippen LogP contribution is 2.22. The van der Waals surface area contributed by atoms with E-state index in [0.29, 0.717) is 16.4 Å². The average Bonchev–Trinajstić information content (AvgIpc) is 2.59. The van der Waals surface area contributed by atoms with Crippen LogP contribution in [0, 0.1) is 5.41 Å². The molecule has 0 unspecified atom stereocenters. The van der Waals surface area contributed by atoms with E-state index in [-0.39, 0.29) is 11.3 Å². The number of aliphatic carboxylic acids is 1. The van der Waals surface area contributed by atoms with Gasteiger partial charge in [-0.1, -0.05) is 32.1 Å². The number of anilines is 1. The Morgan fingerprint density at radius 2 is 2.17 bits per heavy atom. The lowest BCUT2D eigenvalue weighted by Crippen LogP contribution is -2.19. The normalized spacial score (nSPS) is 11.7. The Bertz CT molecular complexity index is 472. The third-order valence-corrected chi connectivity index (χ3v) is 2.73. The van der Waals surface area contributed by atoms with E-state index in [1.807, 2.05) is 20.8 Å². The van der Waals surface area contributed by atoms with Crippen LogP contribution < -0.4 is 5.32 Å². The molecule has 6 heteroatoms. The summed E-state index contributed by atoms with van der Waals surface area (Å²) >= 11 is 1.24. The standard InChI is InChI=1S/C12H16N2O3S/c1-12(2,3)6-9(15)14-11-13-7-8(18-11)4-5-10(16)17/h4-5,7H,6H2,1-3H3,(H,16,17)(H,13,14,15). The molecule has 1 aromatic rings. The highest BCUT2D eigenvalue weighted by atomic mass is 32.1. The first-order valence-corrected chi connectivity index (χ1v) is 6.24. The SMILES string of the molecule is CC(C)(C)CC(=O)Nc1ncc(C=CC(=O)O)s1. The molecule has 0 aliphatic rings. The third-order valence-electron chi connectivity index (χ3n) is 1.85. The molecule has 1 aromatic heterocycles. The maximum atomic E-state index is 11.6. The topological polar surface area (TPSA) is 79.3 Å². The fourth-order valence-corrected chi connectivity index (χ4v) is 1.96. The second kappa shape index (κ2) is 5.77. The fraction of sp³-hybridized carbons (Fsp3) is 0.417. The van der Waals surface area contributed by atoms with Crippen LogP contribution in [0.1, 0.15) is 32.1 Å². The molecule has 0 atom stereocenters. The van der Waals surface area contributed by atoms with E-state index >= 15 is 0 Å². The van der Waals surface area contributed by atoms with Crippen molar-refractivity contribution in [1.29, 1.82) is 0 Å². The van der Waals surface area contributed by atoms with Crippen molar-refractivity contribution in [3.05, 3.63) is 17.2 Å². The van der Waals surface area contributed by atoms with Gasteiger partial charge in [0, 0.05) is 23.6 Å². The molecule has 98 valence electrons. The lowest BCUT2D eigenvalue weighted by molar-refractivity contribution is -0.131. The zero-order chi connectivity index (χ0) is 13.8. The van der Waals surface area contributed by atoms with Crippen LogP contribution in [0.3, 0.4) is 0 Å². The Labute approximate surface area is 110 Å². The highest BCUT2D eigenvalue weighted by Gasteiger charge is 2.16. The summed E-state index contributed by atoms with van der Waals surface area (Å²) in [6, 6.07) is 0. The second-order valence-electron chi connectivity index (χ2n) is 5.02. The summed E-state index contributed by atoms with van der Waals surface area (Å²) in [6.45, 7) is 5.94. The summed E-state index contributed by atoms with van der Waals surface area (Å²) < 4.78 is 0. The van der Waals surface area contributed by atoms with Crippen molar-refractivity contribution in [3.8, 4) is 0 Å². The molecule has 0 radical (unpaired) electrons. The molecule has 18 heavy (non-hydrogen) atoms. The summed E-state index contributed by atoms with van der Waals surface area (Å²) in [5, 5.41) is 11.7. The van der Waals surface area contributed by atoms with Gasteiger partial charge in [-0.15, -0.1) is 0 Å². The number of hydrogen-bond acceptors (Lipinski definition) is 4. The number of aromatic nitrogens is 1. The number of carbonyl (C=O) groups excluding carboxylic acids is 1. The van der Waals surface area contributed by atoms with E-state index in [4.69, 9.17) is 5.11 Å². The Morgan fingerprint density at radius 1 is 1.50 bits per heavy atom. The molecule has 0 saturated heterocycles. The molecule has 0 spiro atoms. The van der Waals surface area contributed by atoms with Gasteiger partial charge < -0.3 is 10.4 Å². The molecule has 2 N–H and O–H groups in total. The van der Waals surface area contributed by atoms with Crippen LogP contribution in [0.5, 0.6) is 0 Å². The van der Waals surface area contributed by atoms with E-state index < -0.39 is 5.97 Å². The summed E-state index contributed by atoms with van der Waals surface area (Å²) in [6.07, 6.45) is 4.41. The van der Waals surface area contributed by atoms with Crippen LogP contribution >= 0.6 is 11.3 Å². The quantitative estimate of drug-likeness (QED) is 0.823. The molecule has 1 rings (SSSR count). The van der Waals surface area contributed by atoms with Gasteiger partial charge in [-0.05, 0) is 11.5 Å². The van der Waals surface area contributed by atoms with E-state index in [2.05, 4.69) is 10.3 Å². The third kappa shape index (κ3) is 5.58. The van der Waals surface area contributed by atoms with Crippen molar-refractivity contribution in [3.63, 3.8) is 0 Å². The number of hydrogen-bond donors (Lipinski definition) is 2. The van der Waals surface area contributed by atoms with Crippen LogP contribution in [-0.2, 0) is 9.59 Å². The molecular formula is C12H16N2O3S. The number of rotatable bonds is 4. The van der Waals surface area contributed by atoms with Crippen molar-refractivity contribution >= 4 is 34.4 Å². The predicted molar refractivity (Wildman–Crippen MR) is 71.5 cm³/mol. The lowest BCUT2D eigenvalue weighted by Gasteiger charge is -2.16. The minimum atomic E-state index is -1.01. The summed E-state index contributed by atoms with van der Waals surface area (Å²) in [4.78, 5) is 26.7. The Balaban J connectivity index is 2.59. The molecule has 0 bridgehead atoms. The minimum Gasteiger partial charge on any atom is -0.478 e. The first-order chi connectivity index (χ1) is 8.26. The average molecular weight is 268 g/mol. The number of nitrogens with zero attached hydrogens (tertiary/aromatic N) is 1. The summed E-state index contributed by atoms with van der Waals surface area (Å²) in [5.74, 6) is -1.10. The molecular weight excluding hydrogens is 252 g/mol. The number of thiazole rings is 1. The number of nitrogens with one attached hydrogen (secondary N) is 1. The zero-order valence-corrected chi connectivity index (χ0v) is 11.4. The van der Waals surface area contributed by atoms with Gasteiger partial charge >= 0.3 is 5.97 Å². The van der Waals surface area contributed by atoms with Crippen LogP contribution in [0.2, 0.25) is 0 Å². The lowest BCUT2D eigenvalue weighted by atomic mass is 9.92. The van der Waals surface area contributed by atoms with Gasteiger partial charge in [0.05, 0.1) is 0 Å². The van der Waals surface area contributed by atoms with Gasteiger partial charge in [0.25, 0.3) is 0 Å². The van der Waals surface area contributed by atoms with Crippen molar-refractivity contribution in [1.82, 2.24) is 4.98 Å². The molecule has 5 nitrogen and oxygen atoms in total. The van der Waals surface area contributed by atoms with E-state index in [1.54, 1.807) is 0 Å². The van der Waals surface area contributed by atoms with Gasteiger partial charge in [-0.3, -0.25) is 4.79 Å². The zero-order valence-electron chi connectivity index (χ0n) is 10.6. The smallest absolute Gasteiger partial charge is 0.328 e. The maximum Gasteiger partial charge on any atom is 0.328 e. The largest absolute Gasteiger partial charge is 0.478 e. The Hall–Kier alpha value is -1.69. The van der Waals surface area contributed by atoms with Crippen LogP contribution in [0.25, 0.3) is 6.08 Å². The molecule has 0 aliphatic heterocycles. The van der Waals surface area contributed by atoms with Gasteiger partial charge in [0.1, 0.15) is 0 Å². The minimum absolute atomic E-state index is 0.0760. The van der Waals surface area contributed by atoms with Crippen molar-refractivity contribution < 1.29 is 14.7 Å². The van der Waals surface area contributed by atoms with Gasteiger partial charge in [0.2, 0.25) is 5.91 Å². The van der Waals surface area contributed by atoms with E-state index in [9.17, 15) is 9.59 Å².